The Morgan fingerprint density at radius 1 is 0.946 bits per heavy atom. The van der Waals surface area contributed by atoms with Gasteiger partial charge < -0.3 is 10.2 Å². The van der Waals surface area contributed by atoms with E-state index in [4.69, 9.17) is 23.2 Å². The zero-order valence-corrected chi connectivity index (χ0v) is 22.9. The summed E-state index contributed by atoms with van der Waals surface area (Å²) in [7, 11) is -4.19. The van der Waals surface area contributed by atoms with Crippen LogP contribution in [0, 0.1) is 0 Å². The van der Waals surface area contributed by atoms with Crippen LogP contribution in [0.5, 0.6) is 0 Å². The average Bonchev–Trinajstić information content (AvgIpc) is 2.90. The molecule has 196 valence electrons. The van der Waals surface area contributed by atoms with Gasteiger partial charge in [0, 0.05) is 18.1 Å². The lowest BCUT2D eigenvalue weighted by atomic mass is 10.1. The van der Waals surface area contributed by atoms with Gasteiger partial charge in [0.1, 0.15) is 12.6 Å². The van der Waals surface area contributed by atoms with Crippen LogP contribution in [0.25, 0.3) is 0 Å². The smallest absolute Gasteiger partial charge is 0.264 e. The van der Waals surface area contributed by atoms with Gasteiger partial charge in [0.15, 0.2) is 0 Å². The first-order valence-electron chi connectivity index (χ1n) is 11.8. The van der Waals surface area contributed by atoms with Crippen LogP contribution in [0.3, 0.4) is 0 Å². The van der Waals surface area contributed by atoms with Crippen molar-refractivity contribution in [1.82, 2.24) is 10.2 Å². The summed E-state index contributed by atoms with van der Waals surface area (Å²) in [6, 6.07) is 20.5. The molecule has 0 unspecified atom stereocenters. The maximum atomic E-state index is 13.8. The molecule has 0 fully saturated rings. The minimum Gasteiger partial charge on any atom is -0.354 e. The maximum absolute atomic E-state index is 13.8. The first-order valence-corrected chi connectivity index (χ1v) is 14.0. The molecule has 3 aromatic carbocycles. The van der Waals surface area contributed by atoms with Gasteiger partial charge in [-0.2, -0.15) is 0 Å². The van der Waals surface area contributed by atoms with Crippen molar-refractivity contribution in [1.29, 1.82) is 0 Å². The number of rotatable bonds is 11. The van der Waals surface area contributed by atoms with Crippen LogP contribution in [-0.2, 0) is 26.2 Å². The van der Waals surface area contributed by atoms with E-state index in [9.17, 15) is 18.0 Å². The van der Waals surface area contributed by atoms with Gasteiger partial charge in [0.25, 0.3) is 10.0 Å². The number of hydrogen-bond donors (Lipinski definition) is 1. The summed E-state index contributed by atoms with van der Waals surface area (Å²) in [6.45, 7) is 3.56. The number of halogens is 2. The van der Waals surface area contributed by atoms with Crippen LogP contribution in [0.2, 0.25) is 10.0 Å². The predicted octanol–water partition coefficient (Wildman–Crippen LogP) is 5.13. The van der Waals surface area contributed by atoms with E-state index < -0.39 is 28.5 Å². The molecule has 3 rings (SSSR count). The number of carbonyl (C=O) groups is 2. The number of benzene rings is 3. The Morgan fingerprint density at radius 2 is 1.57 bits per heavy atom. The largest absolute Gasteiger partial charge is 0.354 e. The Labute approximate surface area is 228 Å². The first kappa shape index (κ1) is 28.5. The molecule has 7 nitrogen and oxygen atoms in total. The number of nitrogens with zero attached hydrogens (tertiary/aromatic N) is 2. The quantitative estimate of drug-likeness (QED) is 0.351. The van der Waals surface area contributed by atoms with Crippen molar-refractivity contribution >= 4 is 50.7 Å². The molecule has 10 heteroatoms. The Bertz CT molecular complexity index is 1320. The Hall–Kier alpha value is -3.07. The van der Waals surface area contributed by atoms with Crippen molar-refractivity contribution in [2.75, 3.05) is 17.4 Å². The van der Waals surface area contributed by atoms with Crippen molar-refractivity contribution in [3.63, 3.8) is 0 Å². The lowest BCUT2D eigenvalue weighted by Gasteiger charge is -2.32. The second-order valence-electron chi connectivity index (χ2n) is 8.39. The van der Waals surface area contributed by atoms with Crippen LogP contribution in [-0.4, -0.2) is 44.3 Å². The van der Waals surface area contributed by atoms with Crippen LogP contribution < -0.4 is 9.62 Å². The molecule has 0 bridgehead atoms. The Kier molecular flexibility index (Phi) is 9.97. The fourth-order valence-corrected chi connectivity index (χ4v) is 5.69. The molecule has 0 aromatic heterocycles. The van der Waals surface area contributed by atoms with Gasteiger partial charge in [-0.25, -0.2) is 8.42 Å². The normalized spacial score (nSPS) is 12.0. The zero-order valence-electron chi connectivity index (χ0n) is 20.6. The summed E-state index contributed by atoms with van der Waals surface area (Å²) in [5.74, 6) is -0.887. The molecule has 0 saturated heterocycles. The van der Waals surface area contributed by atoms with E-state index in [1.54, 1.807) is 25.1 Å². The first-order chi connectivity index (χ1) is 17.6. The molecule has 0 heterocycles. The van der Waals surface area contributed by atoms with Crippen LogP contribution in [0.15, 0.2) is 83.8 Å². The van der Waals surface area contributed by atoms with Crippen molar-refractivity contribution in [2.24, 2.45) is 0 Å². The molecule has 1 atom stereocenters. The van der Waals surface area contributed by atoms with Crippen molar-refractivity contribution in [2.45, 2.75) is 37.8 Å². The molecule has 0 saturated carbocycles. The molecule has 2 amide bonds. The summed E-state index contributed by atoms with van der Waals surface area (Å²) >= 11 is 12.4. The van der Waals surface area contributed by atoms with Crippen molar-refractivity contribution in [3.8, 4) is 0 Å². The SMILES string of the molecule is CCCNC(=O)[C@@H](C)N(Cc1ccccc1)C(=O)CN(c1ccc(Cl)cc1Cl)S(=O)(=O)c1ccccc1. The van der Waals surface area contributed by atoms with E-state index in [0.717, 1.165) is 16.3 Å². The molecule has 3 aromatic rings. The highest BCUT2D eigenvalue weighted by atomic mass is 35.5. The zero-order chi connectivity index (χ0) is 27.0. The van der Waals surface area contributed by atoms with Crippen LogP contribution in [0.4, 0.5) is 5.69 Å². The Morgan fingerprint density at radius 3 is 2.16 bits per heavy atom. The highest BCUT2D eigenvalue weighted by molar-refractivity contribution is 7.92. The third-order valence-electron chi connectivity index (χ3n) is 5.70. The predicted molar refractivity (Wildman–Crippen MR) is 147 cm³/mol. The van der Waals surface area contributed by atoms with Crippen LogP contribution >= 0.6 is 23.2 Å². The van der Waals surface area contributed by atoms with E-state index in [-0.39, 0.29) is 28.1 Å². The summed E-state index contributed by atoms with van der Waals surface area (Å²) in [5, 5.41) is 3.20. The van der Waals surface area contributed by atoms with E-state index in [1.807, 2.05) is 37.3 Å². The molecule has 0 aliphatic rings. The lowest BCUT2D eigenvalue weighted by Crippen LogP contribution is -2.51. The minimum absolute atomic E-state index is 0.00263. The average molecular weight is 563 g/mol. The van der Waals surface area contributed by atoms with Crippen molar-refractivity contribution < 1.29 is 18.0 Å². The molecule has 0 spiro atoms. The lowest BCUT2D eigenvalue weighted by molar-refractivity contribution is -0.139. The second-order valence-corrected chi connectivity index (χ2v) is 11.1. The van der Waals surface area contributed by atoms with Gasteiger partial charge in [-0.15, -0.1) is 0 Å². The fraction of sp³-hybridized carbons (Fsp3) is 0.259. The van der Waals surface area contributed by atoms with E-state index >= 15 is 0 Å². The molecule has 37 heavy (non-hydrogen) atoms. The molecule has 0 aliphatic heterocycles. The van der Waals surface area contributed by atoms with Crippen molar-refractivity contribution in [3.05, 3.63) is 94.5 Å². The summed E-state index contributed by atoms with van der Waals surface area (Å²) < 4.78 is 28.4. The molecular formula is C27H29Cl2N3O4S. The van der Waals surface area contributed by atoms with E-state index in [2.05, 4.69) is 5.32 Å². The number of nitrogens with one attached hydrogen (secondary N) is 1. The molecular weight excluding hydrogens is 533 g/mol. The minimum atomic E-state index is -4.19. The third kappa shape index (κ3) is 7.25. The van der Waals surface area contributed by atoms with Crippen LogP contribution in [0.1, 0.15) is 25.8 Å². The summed E-state index contributed by atoms with van der Waals surface area (Å²) in [6.07, 6.45) is 0.739. The van der Waals surface area contributed by atoms with Gasteiger partial charge >= 0.3 is 0 Å². The second kappa shape index (κ2) is 12.9. The number of sulfonamides is 1. The number of amides is 2. The van der Waals surface area contributed by atoms with Gasteiger partial charge in [-0.3, -0.25) is 13.9 Å². The summed E-state index contributed by atoms with van der Waals surface area (Å²) in [5.41, 5.74) is 0.902. The van der Waals surface area contributed by atoms with Gasteiger partial charge in [0.05, 0.1) is 15.6 Å². The number of hydrogen-bond acceptors (Lipinski definition) is 4. The Balaban J connectivity index is 2.03. The molecule has 0 radical (unpaired) electrons. The highest BCUT2D eigenvalue weighted by Gasteiger charge is 2.33. The van der Waals surface area contributed by atoms with Gasteiger partial charge in [0.2, 0.25) is 11.8 Å². The number of anilines is 1. The van der Waals surface area contributed by atoms with Gasteiger partial charge in [-0.1, -0.05) is 78.7 Å². The standard InChI is InChI=1S/C27H29Cl2N3O4S/c1-3-16-30-27(34)20(2)31(18-21-10-6-4-7-11-21)26(33)19-32(25-15-14-22(28)17-24(25)29)37(35,36)23-12-8-5-9-13-23/h4-15,17,20H,3,16,18-19H2,1-2H3,(H,30,34)/t20-/m1/s1. The highest BCUT2D eigenvalue weighted by Crippen LogP contribution is 2.33. The number of carbonyl (C=O) groups excluding carboxylic acids is 2. The van der Waals surface area contributed by atoms with E-state index in [0.29, 0.717) is 11.6 Å². The fourth-order valence-electron chi connectivity index (χ4n) is 3.68. The van der Waals surface area contributed by atoms with Gasteiger partial charge in [-0.05, 0) is 49.2 Å². The maximum Gasteiger partial charge on any atom is 0.264 e. The molecule has 1 N–H and O–H groups in total. The monoisotopic (exact) mass is 561 g/mol. The topological polar surface area (TPSA) is 86.8 Å². The summed E-state index contributed by atoms with van der Waals surface area (Å²) in [4.78, 5) is 28.0. The third-order valence-corrected chi connectivity index (χ3v) is 8.01. The molecule has 0 aliphatic carbocycles. The van der Waals surface area contributed by atoms with E-state index in [1.165, 1.54) is 35.2 Å².